The highest BCUT2D eigenvalue weighted by molar-refractivity contribution is 7.71. The van der Waals surface area contributed by atoms with Gasteiger partial charge in [0.25, 0.3) is 0 Å². The van der Waals surface area contributed by atoms with Crippen LogP contribution >= 0.6 is 12.2 Å². The second-order valence-corrected chi connectivity index (χ2v) is 5.10. The molecule has 0 unspecified atom stereocenters. The third kappa shape index (κ3) is 2.44. The van der Waals surface area contributed by atoms with Crippen molar-refractivity contribution in [1.82, 2.24) is 5.32 Å². The minimum absolute atomic E-state index is 0.0319. The largest absolute Gasteiger partial charge is 0.382 e. The minimum Gasteiger partial charge on any atom is -0.382 e. The van der Waals surface area contributed by atoms with Crippen LogP contribution in [0, 0.1) is 4.51 Å². The van der Waals surface area contributed by atoms with Gasteiger partial charge in [-0.15, -0.1) is 0 Å². The van der Waals surface area contributed by atoms with E-state index in [2.05, 4.69) is 10.6 Å². The first-order chi connectivity index (χ1) is 6.89. The smallest absolute Gasteiger partial charge is 0.204 e. The van der Waals surface area contributed by atoms with Crippen molar-refractivity contribution in [3.63, 3.8) is 0 Å². The molecule has 0 heterocycles. The highest BCUT2D eigenvalue weighted by Crippen LogP contribution is 2.29. The van der Waals surface area contributed by atoms with Gasteiger partial charge in [-0.05, 0) is 12.5 Å². The van der Waals surface area contributed by atoms with E-state index in [-0.39, 0.29) is 10.8 Å². The molecule has 1 rings (SSSR count). The topological polar surface area (TPSA) is 41.1 Å². The molecular weight excluding hydrogens is 208 g/mol. The number of hydrogen-bond acceptors (Lipinski definition) is 4. The third-order valence-electron chi connectivity index (χ3n) is 2.34. The molecular formula is C11H18N2OS. The van der Waals surface area contributed by atoms with Crippen molar-refractivity contribution in [2.75, 3.05) is 25.5 Å². The zero-order valence-electron chi connectivity index (χ0n) is 9.73. The summed E-state index contributed by atoms with van der Waals surface area (Å²) < 4.78 is 0.455. The Morgan fingerprint density at radius 2 is 1.87 bits per heavy atom. The number of anilines is 1. The molecule has 0 fully saturated rings. The summed E-state index contributed by atoms with van der Waals surface area (Å²) >= 11 is 5.03. The van der Waals surface area contributed by atoms with Gasteiger partial charge in [0.1, 0.15) is 4.51 Å². The van der Waals surface area contributed by atoms with Crippen molar-refractivity contribution in [3.8, 4) is 0 Å². The van der Waals surface area contributed by atoms with E-state index < -0.39 is 0 Å². The van der Waals surface area contributed by atoms with E-state index in [1.807, 2.05) is 27.8 Å². The van der Waals surface area contributed by atoms with Crippen LogP contribution in [0.5, 0.6) is 0 Å². The van der Waals surface area contributed by atoms with Crippen molar-refractivity contribution in [2.45, 2.75) is 26.2 Å². The van der Waals surface area contributed by atoms with Gasteiger partial charge < -0.3 is 10.6 Å². The van der Waals surface area contributed by atoms with Crippen LogP contribution in [0.2, 0.25) is 0 Å². The molecule has 0 aliphatic carbocycles. The molecule has 84 valence electrons. The van der Waals surface area contributed by atoms with E-state index in [1.54, 1.807) is 0 Å². The summed E-state index contributed by atoms with van der Waals surface area (Å²) in [6.07, 6.45) is 0. The van der Waals surface area contributed by atoms with E-state index in [0.29, 0.717) is 4.51 Å². The van der Waals surface area contributed by atoms with Gasteiger partial charge in [0.15, 0.2) is 0 Å². The Morgan fingerprint density at radius 1 is 1.27 bits per heavy atom. The standard InChI is InChI=1S/C11H18N2OS/c1-11(2,3)7-8(10(15)9(7)14)13-6-5-12-4/h12-13H,5-6H2,1-4H3. The highest BCUT2D eigenvalue weighted by atomic mass is 32.1. The molecule has 4 heteroatoms. The Labute approximate surface area is 95.6 Å². The molecule has 0 aliphatic heterocycles. The van der Waals surface area contributed by atoms with Gasteiger partial charge in [-0.25, -0.2) is 0 Å². The van der Waals surface area contributed by atoms with Gasteiger partial charge in [0.05, 0.1) is 5.69 Å². The van der Waals surface area contributed by atoms with E-state index >= 15 is 0 Å². The lowest BCUT2D eigenvalue weighted by atomic mass is 9.83. The zero-order valence-corrected chi connectivity index (χ0v) is 10.5. The van der Waals surface area contributed by atoms with Gasteiger partial charge in [-0.1, -0.05) is 33.0 Å². The van der Waals surface area contributed by atoms with Crippen molar-refractivity contribution in [2.24, 2.45) is 0 Å². The monoisotopic (exact) mass is 226 g/mol. The molecule has 0 radical (unpaired) electrons. The second kappa shape index (κ2) is 4.41. The average Bonchev–Trinajstić information content (AvgIpc) is 2.13. The Balaban J connectivity index is 2.86. The normalized spacial score (nSPS) is 12.0. The molecule has 2 N–H and O–H groups in total. The average molecular weight is 226 g/mol. The van der Waals surface area contributed by atoms with Crippen LogP contribution < -0.4 is 16.1 Å². The molecule has 0 aromatic heterocycles. The SMILES string of the molecule is CNCCNc1c(C(C)(C)C)c(=O)c1=S. The highest BCUT2D eigenvalue weighted by Gasteiger charge is 2.27. The van der Waals surface area contributed by atoms with E-state index in [4.69, 9.17) is 12.2 Å². The van der Waals surface area contributed by atoms with Crippen LogP contribution in [0.3, 0.4) is 0 Å². The summed E-state index contributed by atoms with van der Waals surface area (Å²) in [6, 6.07) is 0. The Kier molecular flexibility index (Phi) is 3.62. The fraction of sp³-hybridized carbons (Fsp3) is 0.636. The number of hydrogen-bond donors (Lipinski definition) is 2. The molecule has 0 amide bonds. The molecule has 0 aliphatic rings. The molecule has 15 heavy (non-hydrogen) atoms. The predicted octanol–water partition coefficient (Wildman–Crippen LogP) is 1.58. The maximum atomic E-state index is 11.6. The van der Waals surface area contributed by atoms with Crippen molar-refractivity contribution in [1.29, 1.82) is 0 Å². The van der Waals surface area contributed by atoms with Crippen LogP contribution in [-0.2, 0) is 5.41 Å². The van der Waals surface area contributed by atoms with Crippen LogP contribution in [0.1, 0.15) is 26.3 Å². The maximum Gasteiger partial charge on any atom is 0.204 e. The molecule has 0 atom stereocenters. The molecule has 0 spiro atoms. The molecule has 0 saturated carbocycles. The van der Waals surface area contributed by atoms with Gasteiger partial charge in [0.2, 0.25) is 5.43 Å². The van der Waals surface area contributed by atoms with Crippen LogP contribution in [0.25, 0.3) is 0 Å². The first-order valence-electron chi connectivity index (χ1n) is 5.12. The quantitative estimate of drug-likeness (QED) is 0.604. The fourth-order valence-electron chi connectivity index (χ4n) is 1.59. The van der Waals surface area contributed by atoms with E-state index in [9.17, 15) is 4.79 Å². The Bertz CT molecular complexity index is 411. The van der Waals surface area contributed by atoms with Crippen LogP contribution in [0.4, 0.5) is 5.69 Å². The van der Waals surface area contributed by atoms with Gasteiger partial charge in [0, 0.05) is 18.7 Å². The van der Waals surface area contributed by atoms with Crippen LogP contribution in [-0.4, -0.2) is 20.1 Å². The molecule has 1 aromatic carbocycles. The molecule has 1 aromatic rings. The second-order valence-electron chi connectivity index (χ2n) is 4.69. The number of likely N-dealkylation sites (N-methyl/N-ethyl adjacent to an activating group) is 1. The molecule has 3 nitrogen and oxygen atoms in total. The lowest BCUT2D eigenvalue weighted by molar-refractivity contribution is 0.581. The van der Waals surface area contributed by atoms with Crippen molar-refractivity contribution >= 4 is 17.9 Å². The zero-order chi connectivity index (χ0) is 11.6. The van der Waals surface area contributed by atoms with E-state index in [0.717, 1.165) is 24.3 Å². The summed E-state index contributed by atoms with van der Waals surface area (Å²) in [5.41, 5.74) is 1.62. The van der Waals surface area contributed by atoms with Gasteiger partial charge in [-0.3, -0.25) is 4.79 Å². The minimum atomic E-state index is -0.124. The maximum absolute atomic E-state index is 11.6. The van der Waals surface area contributed by atoms with Crippen molar-refractivity contribution < 1.29 is 0 Å². The summed E-state index contributed by atoms with van der Waals surface area (Å²) in [5, 5.41) is 6.25. The first kappa shape index (κ1) is 12.3. The lowest BCUT2D eigenvalue weighted by Gasteiger charge is -2.25. The Morgan fingerprint density at radius 3 is 2.33 bits per heavy atom. The van der Waals surface area contributed by atoms with Crippen molar-refractivity contribution in [3.05, 3.63) is 20.3 Å². The summed E-state index contributed by atoms with van der Waals surface area (Å²) in [6.45, 7) is 7.74. The molecule has 0 saturated heterocycles. The van der Waals surface area contributed by atoms with Crippen LogP contribution in [0.15, 0.2) is 4.79 Å². The lowest BCUT2D eigenvalue weighted by Crippen LogP contribution is -2.32. The summed E-state index contributed by atoms with van der Waals surface area (Å²) in [5.74, 6) is 0. The van der Waals surface area contributed by atoms with E-state index in [1.165, 1.54) is 0 Å². The van der Waals surface area contributed by atoms with Gasteiger partial charge >= 0.3 is 0 Å². The molecule has 0 bridgehead atoms. The number of rotatable bonds is 4. The number of nitrogens with one attached hydrogen (secondary N) is 2. The Hall–Kier alpha value is -0.740. The first-order valence-corrected chi connectivity index (χ1v) is 5.52. The fourth-order valence-corrected chi connectivity index (χ4v) is 1.86. The third-order valence-corrected chi connectivity index (χ3v) is 2.73. The summed E-state index contributed by atoms with van der Waals surface area (Å²) in [7, 11) is 1.89. The summed E-state index contributed by atoms with van der Waals surface area (Å²) in [4.78, 5) is 11.6. The van der Waals surface area contributed by atoms with Gasteiger partial charge in [-0.2, -0.15) is 0 Å². The predicted molar refractivity (Wildman–Crippen MR) is 67.0 cm³/mol.